The van der Waals surface area contributed by atoms with Crippen LogP contribution < -0.4 is 5.32 Å². The first kappa shape index (κ1) is 17.0. The number of aryl methyl sites for hydroxylation is 1. The summed E-state index contributed by atoms with van der Waals surface area (Å²) in [5.41, 5.74) is 4.12. The Labute approximate surface area is 135 Å². The number of nitrogens with one attached hydrogen (secondary N) is 1. The van der Waals surface area contributed by atoms with Gasteiger partial charge >= 0.3 is 0 Å². The largest absolute Gasteiger partial charge is 0.342 e. The van der Waals surface area contributed by atoms with Crippen molar-refractivity contribution in [3.8, 4) is 0 Å². The summed E-state index contributed by atoms with van der Waals surface area (Å²) in [6.07, 6.45) is 1.05. The highest BCUT2D eigenvalue weighted by molar-refractivity contribution is 5.78. The van der Waals surface area contributed by atoms with Crippen LogP contribution in [0, 0.1) is 25.7 Å². The molecule has 1 fully saturated rings. The topological polar surface area (TPSA) is 32.3 Å². The van der Waals surface area contributed by atoms with E-state index < -0.39 is 0 Å². The first-order valence-electron chi connectivity index (χ1n) is 8.47. The zero-order valence-corrected chi connectivity index (χ0v) is 14.6. The van der Waals surface area contributed by atoms with Gasteiger partial charge in [-0.2, -0.15) is 0 Å². The maximum atomic E-state index is 12.1. The lowest BCUT2D eigenvalue weighted by molar-refractivity contribution is -0.136. The Bertz CT molecular complexity index is 524. The van der Waals surface area contributed by atoms with Gasteiger partial charge in [0.25, 0.3) is 0 Å². The average molecular weight is 302 g/mol. The van der Waals surface area contributed by atoms with Crippen molar-refractivity contribution in [2.45, 2.75) is 53.6 Å². The van der Waals surface area contributed by atoms with E-state index in [1.54, 1.807) is 0 Å². The first-order chi connectivity index (χ1) is 10.4. The van der Waals surface area contributed by atoms with Gasteiger partial charge in [0, 0.05) is 31.6 Å². The number of benzene rings is 1. The summed E-state index contributed by atoms with van der Waals surface area (Å²) in [6, 6.07) is 7.00. The van der Waals surface area contributed by atoms with E-state index >= 15 is 0 Å². The molecule has 3 nitrogen and oxygen atoms in total. The minimum Gasteiger partial charge on any atom is -0.342 e. The smallest absolute Gasteiger partial charge is 0.225 e. The minimum absolute atomic E-state index is 0.103. The third kappa shape index (κ3) is 3.89. The average Bonchev–Trinajstić information content (AvgIpc) is 2.49. The van der Waals surface area contributed by atoms with Crippen LogP contribution in [0.4, 0.5) is 0 Å². The van der Waals surface area contributed by atoms with Crippen molar-refractivity contribution in [1.29, 1.82) is 0 Å². The molecule has 1 N–H and O–H groups in total. The van der Waals surface area contributed by atoms with Crippen LogP contribution in [-0.2, 0) is 11.3 Å². The number of likely N-dealkylation sites (tertiary alicyclic amines) is 1. The Hall–Kier alpha value is -1.35. The van der Waals surface area contributed by atoms with Crippen molar-refractivity contribution in [3.63, 3.8) is 0 Å². The molecule has 1 amide bonds. The van der Waals surface area contributed by atoms with E-state index in [-0.39, 0.29) is 5.92 Å². The highest BCUT2D eigenvalue weighted by atomic mass is 16.2. The van der Waals surface area contributed by atoms with E-state index in [9.17, 15) is 4.79 Å². The van der Waals surface area contributed by atoms with Gasteiger partial charge in [-0.05, 0) is 42.9 Å². The molecule has 2 atom stereocenters. The van der Waals surface area contributed by atoms with Crippen LogP contribution in [0.2, 0.25) is 0 Å². The van der Waals surface area contributed by atoms with Crippen LogP contribution in [0.25, 0.3) is 0 Å². The lowest BCUT2D eigenvalue weighted by Gasteiger charge is -2.38. The van der Waals surface area contributed by atoms with Crippen molar-refractivity contribution in [3.05, 3.63) is 34.9 Å². The van der Waals surface area contributed by atoms with E-state index in [1.807, 2.05) is 18.7 Å². The van der Waals surface area contributed by atoms with Crippen LogP contribution >= 0.6 is 0 Å². The zero-order valence-electron chi connectivity index (χ0n) is 14.6. The van der Waals surface area contributed by atoms with Crippen molar-refractivity contribution in [2.24, 2.45) is 11.8 Å². The third-order valence-corrected chi connectivity index (χ3v) is 4.98. The number of rotatable bonds is 4. The second kappa shape index (κ2) is 7.28. The van der Waals surface area contributed by atoms with Gasteiger partial charge in [-0.1, -0.05) is 39.0 Å². The fraction of sp³-hybridized carbons (Fsp3) is 0.632. The Morgan fingerprint density at radius 1 is 1.36 bits per heavy atom. The van der Waals surface area contributed by atoms with Crippen LogP contribution in [0.5, 0.6) is 0 Å². The highest BCUT2D eigenvalue weighted by Gasteiger charge is 2.29. The molecule has 22 heavy (non-hydrogen) atoms. The summed E-state index contributed by atoms with van der Waals surface area (Å²) < 4.78 is 0. The monoisotopic (exact) mass is 302 g/mol. The van der Waals surface area contributed by atoms with E-state index in [0.717, 1.165) is 26.1 Å². The van der Waals surface area contributed by atoms with Crippen LogP contribution in [-0.4, -0.2) is 29.9 Å². The molecule has 1 saturated heterocycles. The molecule has 1 aliphatic rings. The van der Waals surface area contributed by atoms with Crippen molar-refractivity contribution in [2.75, 3.05) is 13.1 Å². The molecular weight excluding hydrogens is 272 g/mol. The fourth-order valence-electron chi connectivity index (χ4n) is 3.26. The normalized spacial score (nSPS) is 22.2. The predicted octanol–water partition coefficient (Wildman–Crippen LogP) is 3.29. The number of carbonyl (C=O) groups is 1. The van der Waals surface area contributed by atoms with Gasteiger partial charge in [0.15, 0.2) is 0 Å². The van der Waals surface area contributed by atoms with E-state index in [1.165, 1.54) is 16.7 Å². The molecule has 1 aliphatic heterocycles. The van der Waals surface area contributed by atoms with Gasteiger partial charge < -0.3 is 10.2 Å². The number of carbonyl (C=O) groups excluding carboxylic acids is 1. The van der Waals surface area contributed by atoms with Crippen molar-refractivity contribution < 1.29 is 4.79 Å². The summed E-state index contributed by atoms with van der Waals surface area (Å²) in [5, 5.41) is 3.71. The van der Waals surface area contributed by atoms with Crippen molar-refractivity contribution >= 4 is 5.91 Å². The van der Waals surface area contributed by atoms with E-state index in [0.29, 0.717) is 17.9 Å². The number of piperidine rings is 1. The minimum atomic E-state index is 0.103. The predicted molar refractivity (Wildman–Crippen MR) is 91.7 cm³/mol. The quantitative estimate of drug-likeness (QED) is 0.925. The number of hydrogen-bond donors (Lipinski definition) is 1. The number of hydrogen-bond acceptors (Lipinski definition) is 2. The first-order valence-corrected chi connectivity index (χ1v) is 8.47. The summed E-state index contributed by atoms with van der Waals surface area (Å²) in [7, 11) is 0. The molecule has 2 rings (SSSR count). The molecule has 0 saturated carbocycles. The molecule has 1 aromatic rings. The molecule has 0 aliphatic carbocycles. The molecule has 1 aromatic carbocycles. The molecular formula is C19H30N2O. The molecule has 1 heterocycles. The van der Waals surface area contributed by atoms with Crippen LogP contribution in [0.3, 0.4) is 0 Å². The van der Waals surface area contributed by atoms with E-state index in [4.69, 9.17) is 0 Å². The third-order valence-electron chi connectivity index (χ3n) is 4.98. The molecule has 3 heteroatoms. The molecule has 0 bridgehead atoms. The zero-order chi connectivity index (χ0) is 16.3. The lowest BCUT2D eigenvalue weighted by atomic mass is 9.92. The summed E-state index contributed by atoms with van der Waals surface area (Å²) in [5.74, 6) is 0.896. The highest BCUT2D eigenvalue weighted by Crippen LogP contribution is 2.20. The SMILES string of the molecule is Cc1cccc(CN[C@@H]2CCN(C(=O)C(C)C)C[C@@H]2C)c1C. The van der Waals surface area contributed by atoms with E-state index in [2.05, 4.69) is 44.3 Å². The van der Waals surface area contributed by atoms with Gasteiger partial charge in [0.05, 0.1) is 0 Å². The maximum Gasteiger partial charge on any atom is 0.225 e. The van der Waals surface area contributed by atoms with Gasteiger partial charge in [-0.25, -0.2) is 0 Å². The fourth-order valence-corrected chi connectivity index (χ4v) is 3.26. The standard InChI is InChI=1S/C19H30N2O/c1-13(2)19(22)21-10-9-18(15(4)12-21)20-11-17-8-6-7-14(3)16(17)5/h6-8,13,15,18,20H,9-12H2,1-5H3/t15-,18+/m0/s1. The Morgan fingerprint density at radius 3 is 2.73 bits per heavy atom. The second-order valence-electron chi connectivity index (χ2n) is 7.05. The summed E-state index contributed by atoms with van der Waals surface area (Å²) >= 11 is 0. The van der Waals surface area contributed by atoms with Gasteiger partial charge in [0.2, 0.25) is 5.91 Å². The van der Waals surface area contributed by atoms with Crippen LogP contribution in [0.15, 0.2) is 18.2 Å². The molecule has 0 radical (unpaired) electrons. The second-order valence-corrected chi connectivity index (χ2v) is 7.05. The molecule has 0 unspecified atom stereocenters. The molecule has 0 aromatic heterocycles. The number of amides is 1. The van der Waals surface area contributed by atoms with Crippen LogP contribution in [0.1, 0.15) is 43.9 Å². The Balaban J connectivity index is 1.90. The molecule has 122 valence electrons. The van der Waals surface area contributed by atoms with Gasteiger partial charge in [-0.3, -0.25) is 4.79 Å². The summed E-state index contributed by atoms with van der Waals surface area (Å²) in [4.78, 5) is 14.2. The molecule has 0 spiro atoms. The summed E-state index contributed by atoms with van der Waals surface area (Å²) in [6.45, 7) is 13.3. The van der Waals surface area contributed by atoms with Gasteiger partial charge in [-0.15, -0.1) is 0 Å². The lowest BCUT2D eigenvalue weighted by Crippen LogP contribution is -2.50. The maximum absolute atomic E-state index is 12.1. The number of nitrogens with zero attached hydrogens (tertiary/aromatic N) is 1. The van der Waals surface area contributed by atoms with Gasteiger partial charge in [0.1, 0.15) is 0 Å². The van der Waals surface area contributed by atoms with Crippen molar-refractivity contribution in [1.82, 2.24) is 10.2 Å². The Morgan fingerprint density at radius 2 is 2.09 bits per heavy atom. The Kier molecular flexibility index (Phi) is 5.63.